The maximum absolute atomic E-state index is 11.2. The van der Waals surface area contributed by atoms with Crippen molar-refractivity contribution < 1.29 is 14.7 Å². The fraction of sp³-hybridized carbons (Fsp3) is 0.444. The third kappa shape index (κ3) is 3.85. The molecule has 0 saturated heterocycles. The molecule has 1 aromatic rings. The number of aromatic nitrogens is 1. The highest BCUT2D eigenvalue weighted by Gasteiger charge is 2.13. The van der Waals surface area contributed by atoms with Crippen LogP contribution in [0.1, 0.15) is 16.8 Å². The second kappa shape index (κ2) is 5.45. The van der Waals surface area contributed by atoms with Crippen molar-refractivity contribution in [3.05, 3.63) is 16.1 Å². The molecule has 2 amide bonds. The van der Waals surface area contributed by atoms with E-state index in [1.807, 2.05) is 6.92 Å². The van der Waals surface area contributed by atoms with Gasteiger partial charge in [0.05, 0.1) is 6.54 Å². The van der Waals surface area contributed by atoms with E-state index in [2.05, 4.69) is 15.6 Å². The van der Waals surface area contributed by atoms with Gasteiger partial charge in [-0.2, -0.15) is 0 Å². The third-order valence-corrected chi connectivity index (χ3v) is 2.70. The van der Waals surface area contributed by atoms with Crippen LogP contribution < -0.4 is 10.6 Å². The fourth-order valence-electron chi connectivity index (χ4n) is 0.948. The van der Waals surface area contributed by atoms with Gasteiger partial charge >= 0.3 is 12.0 Å². The minimum atomic E-state index is -1.07. The molecule has 0 aliphatic carbocycles. The van der Waals surface area contributed by atoms with E-state index in [4.69, 9.17) is 5.11 Å². The first-order valence-electron chi connectivity index (χ1n) is 4.67. The highest BCUT2D eigenvalue weighted by Crippen LogP contribution is 2.10. The van der Waals surface area contributed by atoms with Crippen molar-refractivity contribution in [3.8, 4) is 0 Å². The molecule has 0 bridgehead atoms. The van der Waals surface area contributed by atoms with Gasteiger partial charge in [0.15, 0.2) is 0 Å². The number of thiazole rings is 1. The molecule has 1 rings (SSSR count). The number of aryl methyl sites for hydroxylation is 1. The van der Waals surface area contributed by atoms with Crippen LogP contribution in [-0.2, 0) is 11.3 Å². The van der Waals surface area contributed by atoms with E-state index in [0.717, 1.165) is 9.88 Å². The Bertz CT molecular complexity index is 391. The van der Waals surface area contributed by atoms with Crippen LogP contribution in [0.5, 0.6) is 0 Å². The maximum atomic E-state index is 11.2. The van der Waals surface area contributed by atoms with Gasteiger partial charge in [0.2, 0.25) is 0 Å². The van der Waals surface area contributed by atoms with Gasteiger partial charge in [0.1, 0.15) is 11.0 Å². The number of hydrogen-bond donors (Lipinski definition) is 3. The summed E-state index contributed by atoms with van der Waals surface area (Å²) in [5, 5.41) is 14.2. The topological polar surface area (TPSA) is 91.3 Å². The SMILES string of the molecule is Cc1cnc(CNC(=O)N[C@@H](C)C(=O)O)s1. The van der Waals surface area contributed by atoms with Crippen LogP contribution in [0.15, 0.2) is 6.20 Å². The summed E-state index contributed by atoms with van der Waals surface area (Å²) in [4.78, 5) is 26.8. The summed E-state index contributed by atoms with van der Waals surface area (Å²) in [6.07, 6.45) is 1.72. The summed E-state index contributed by atoms with van der Waals surface area (Å²) in [5.41, 5.74) is 0. The van der Waals surface area contributed by atoms with Crippen molar-refractivity contribution in [2.24, 2.45) is 0 Å². The lowest BCUT2D eigenvalue weighted by atomic mass is 10.3. The van der Waals surface area contributed by atoms with Crippen LogP contribution in [0.25, 0.3) is 0 Å². The summed E-state index contributed by atoms with van der Waals surface area (Å²) in [6.45, 7) is 3.62. The van der Waals surface area contributed by atoms with E-state index >= 15 is 0 Å². The van der Waals surface area contributed by atoms with Crippen molar-refractivity contribution in [1.29, 1.82) is 0 Å². The van der Waals surface area contributed by atoms with Gasteiger partial charge in [0.25, 0.3) is 0 Å². The Morgan fingerprint density at radius 2 is 2.31 bits per heavy atom. The lowest BCUT2D eigenvalue weighted by Crippen LogP contribution is -2.44. The van der Waals surface area contributed by atoms with Crippen LogP contribution in [0.2, 0.25) is 0 Å². The number of urea groups is 1. The molecule has 1 atom stereocenters. The van der Waals surface area contributed by atoms with Crippen LogP contribution in [0, 0.1) is 6.92 Å². The highest BCUT2D eigenvalue weighted by atomic mass is 32.1. The van der Waals surface area contributed by atoms with Crippen molar-refractivity contribution >= 4 is 23.3 Å². The molecule has 0 fully saturated rings. The first-order valence-corrected chi connectivity index (χ1v) is 5.49. The van der Waals surface area contributed by atoms with Crippen LogP contribution in [0.3, 0.4) is 0 Å². The molecule has 88 valence electrons. The molecule has 6 nitrogen and oxygen atoms in total. The van der Waals surface area contributed by atoms with E-state index in [1.165, 1.54) is 18.3 Å². The number of carboxylic acids is 1. The number of hydrogen-bond acceptors (Lipinski definition) is 4. The molecule has 0 radical (unpaired) electrons. The van der Waals surface area contributed by atoms with Crippen molar-refractivity contribution in [2.45, 2.75) is 26.4 Å². The number of carbonyl (C=O) groups is 2. The molecule has 0 aliphatic heterocycles. The van der Waals surface area contributed by atoms with Gasteiger partial charge < -0.3 is 15.7 Å². The summed E-state index contributed by atoms with van der Waals surface area (Å²) in [7, 11) is 0. The highest BCUT2D eigenvalue weighted by molar-refractivity contribution is 7.11. The zero-order valence-corrected chi connectivity index (χ0v) is 9.80. The molecule has 3 N–H and O–H groups in total. The Morgan fingerprint density at radius 1 is 1.62 bits per heavy atom. The zero-order valence-electron chi connectivity index (χ0n) is 8.98. The summed E-state index contributed by atoms with van der Waals surface area (Å²) in [6, 6.07) is -1.42. The molecule has 0 saturated carbocycles. The number of rotatable bonds is 4. The average molecular weight is 243 g/mol. The monoisotopic (exact) mass is 243 g/mol. The largest absolute Gasteiger partial charge is 0.480 e. The second-order valence-corrected chi connectivity index (χ2v) is 4.57. The number of nitrogens with one attached hydrogen (secondary N) is 2. The number of carboxylic acid groups (broad SMARTS) is 1. The van der Waals surface area contributed by atoms with Crippen LogP contribution in [-0.4, -0.2) is 28.1 Å². The number of nitrogens with zero attached hydrogens (tertiary/aromatic N) is 1. The fourth-order valence-corrected chi connectivity index (χ4v) is 1.68. The first kappa shape index (κ1) is 12.4. The van der Waals surface area contributed by atoms with Gasteiger partial charge in [-0.15, -0.1) is 11.3 Å². The standard InChI is InChI=1S/C9H13N3O3S/c1-5-3-10-7(16-5)4-11-9(15)12-6(2)8(13)14/h3,6H,4H2,1-2H3,(H,13,14)(H2,11,12,15)/t6-/m0/s1. The van der Waals surface area contributed by atoms with Crippen LogP contribution >= 0.6 is 11.3 Å². The average Bonchev–Trinajstić information content (AvgIpc) is 2.61. The van der Waals surface area contributed by atoms with Gasteiger partial charge in [-0.3, -0.25) is 4.79 Å². The Hall–Kier alpha value is -1.63. The lowest BCUT2D eigenvalue weighted by Gasteiger charge is -2.09. The lowest BCUT2D eigenvalue weighted by molar-refractivity contribution is -0.138. The first-order chi connectivity index (χ1) is 7.49. The van der Waals surface area contributed by atoms with Crippen molar-refractivity contribution in [1.82, 2.24) is 15.6 Å². The molecular weight excluding hydrogens is 230 g/mol. The van der Waals surface area contributed by atoms with Crippen LogP contribution in [0.4, 0.5) is 4.79 Å². The number of amides is 2. The number of carbonyl (C=O) groups excluding carboxylic acids is 1. The minimum absolute atomic E-state index is 0.302. The van der Waals surface area contributed by atoms with Crippen molar-refractivity contribution in [2.75, 3.05) is 0 Å². The Kier molecular flexibility index (Phi) is 4.24. The quantitative estimate of drug-likeness (QED) is 0.726. The summed E-state index contributed by atoms with van der Waals surface area (Å²) in [5.74, 6) is -1.07. The molecule has 1 aromatic heterocycles. The van der Waals surface area contributed by atoms with Gasteiger partial charge in [-0.1, -0.05) is 0 Å². The third-order valence-electron chi connectivity index (χ3n) is 1.79. The molecule has 0 spiro atoms. The number of aliphatic carboxylic acids is 1. The Morgan fingerprint density at radius 3 is 2.81 bits per heavy atom. The van der Waals surface area contributed by atoms with E-state index < -0.39 is 18.0 Å². The minimum Gasteiger partial charge on any atom is -0.480 e. The van der Waals surface area contributed by atoms with Gasteiger partial charge in [-0.05, 0) is 13.8 Å². The second-order valence-electron chi connectivity index (χ2n) is 3.25. The molecular formula is C9H13N3O3S. The Labute approximate surface area is 96.7 Å². The van der Waals surface area contributed by atoms with E-state index in [1.54, 1.807) is 6.20 Å². The van der Waals surface area contributed by atoms with Gasteiger partial charge in [0, 0.05) is 11.1 Å². The predicted octanol–water partition coefficient (Wildman–Crippen LogP) is 0.724. The zero-order chi connectivity index (χ0) is 12.1. The van der Waals surface area contributed by atoms with Crippen molar-refractivity contribution in [3.63, 3.8) is 0 Å². The van der Waals surface area contributed by atoms with E-state index in [0.29, 0.717) is 6.54 Å². The maximum Gasteiger partial charge on any atom is 0.325 e. The Balaban J connectivity index is 2.33. The molecule has 7 heteroatoms. The van der Waals surface area contributed by atoms with E-state index in [-0.39, 0.29) is 0 Å². The van der Waals surface area contributed by atoms with E-state index in [9.17, 15) is 9.59 Å². The normalized spacial score (nSPS) is 11.9. The molecule has 0 unspecified atom stereocenters. The molecule has 0 aliphatic rings. The molecule has 16 heavy (non-hydrogen) atoms. The predicted molar refractivity (Wildman–Crippen MR) is 59.3 cm³/mol. The summed E-state index contributed by atoms with van der Waals surface area (Å²) >= 11 is 1.48. The molecule has 1 heterocycles. The molecule has 0 aromatic carbocycles. The summed E-state index contributed by atoms with van der Waals surface area (Å²) < 4.78 is 0. The smallest absolute Gasteiger partial charge is 0.325 e. The van der Waals surface area contributed by atoms with Gasteiger partial charge in [-0.25, -0.2) is 9.78 Å².